The molecule has 0 aliphatic heterocycles. The standard InChI is InChI=1S/C7H6N2O3/c10-8-7(9-11)12-6-4-2-1-3-5-6/h1-5,7H. The lowest BCUT2D eigenvalue weighted by atomic mass is 10.3. The summed E-state index contributed by atoms with van der Waals surface area (Å²) in [5.74, 6) is 0.390. The Balaban J connectivity index is 2.62. The van der Waals surface area contributed by atoms with Crippen LogP contribution >= 0.6 is 0 Å². The van der Waals surface area contributed by atoms with E-state index in [0.717, 1.165) is 0 Å². The fourth-order valence-electron chi connectivity index (χ4n) is 0.683. The van der Waals surface area contributed by atoms with Crippen LogP contribution in [0.4, 0.5) is 0 Å². The first-order chi connectivity index (χ1) is 5.86. The summed E-state index contributed by atoms with van der Waals surface area (Å²) in [5.41, 5.74) is 0. The maximum absolute atomic E-state index is 9.87. The first-order valence-electron chi connectivity index (χ1n) is 3.23. The molecule has 0 aliphatic rings. The van der Waals surface area contributed by atoms with Gasteiger partial charge >= 0.3 is 6.35 Å². The monoisotopic (exact) mass is 166 g/mol. The van der Waals surface area contributed by atoms with Gasteiger partial charge in [-0.15, -0.1) is 9.81 Å². The van der Waals surface area contributed by atoms with Crippen LogP contribution in [-0.2, 0) is 0 Å². The van der Waals surface area contributed by atoms with E-state index in [-0.39, 0.29) is 0 Å². The minimum atomic E-state index is -1.49. The van der Waals surface area contributed by atoms with Crippen molar-refractivity contribution < 1.29 is 4.74 Å². The molecule has 5 nitrogen and oxygen atoms in total. The number of ether oxygens (including phenoxy) is 1. The largest absolute Gasteiger partial charge is 0.445 e. The van der Waals surface area contributed by atoms with Gasteiger partial charge in [-0.1, -0.05) is 18.2 Å². The molecule has 0 fully saturated rings. The maximum Gasteiger partial charge on any atom is 0.362 e. The third-order valence-electron chi connectivity index (χ3n) is 1.17. The quantitative estimate of drug-likeness (QED) is 0.641. The smallest absolute Gasteiger partial charge is 0.362 e. The van der Waals surface area contributed by atoms with Gasteiger partial charge in [0.05, 0.1) is 0 Å². The number of nitroso groups, excluding NO2 is 2. The van der Waals surface area contributed by atoms with E-state index in [1.165, 1.54) is 0 Å². The van der Waals surface area contributed by atoms with E-state index in [2.05, 4.69) is 10.4 Å². The Morgan fingerprint density at radius 1 is 1.08 bits per heavy atom. The second-order valence-electron chi connectivity index (χ2n) is 1.97. The molecular weight excluding hydrogens is 160 g/mol. The highest BCUT2D eigenvalue weighted by molar-refractivity contribution is 5.21. The zero-order chi connectivity index (χ0) is 8.81. The predicted octanol–water partition coefficient (Wildman–Crippen LogP) is 1.88. The van der Waals surface area contributed by atoms with E-state index in [1.807, 2.05) is 0 Å². The Morgan fingerprint density at radius 2 is 1.67 bits per heavy atom. The molecule has 0 saturated carbocycles. The summed E-state index contributed by atoms with van der Waals surface area (Å²) >= 11 is 0. The van der Waals surface area contributed by atoms with Crippen molar-refractivity contribution in [1.29, 1.82) is 0 Å². The summed E-state index contributed by atoms with van der Waals surface area (Å²) < 4.78 is 4.75. The van der Waals surface area contributed by atoms with E-state index in [1.54, 1.807) is 30.3 Å². The van der Waals surface area contributed by atoms with Gasteiger partial charge in [0.15, 0.2) is 0 Å². The first-order valence-corrected chi connectivity index (χ1v) is 3.23. The second-order valence-corrected chi connectivity index (χ2v) is 1.97. The van der Waals surface area contributed by atoms with Gasteiger partial charge in [-0.05, 0) is 12.1 Å². The second kappa shape index (κ2) is 4.17. The Hall–Kier alpha value is -1.78. The van der Waals surface area contributed by atoms with Gasteiger partial charge < -0.3 is 4.74 Å². The average molecular weight is 166 g/mol. The van der Waals surface area contributed by atoms with Gasteiger partial charge in [-0.2, -0.15) is 0 Å². The van der Waals surface area contributed by atoms with Gasteiger partial charge in [0.25, 0.3) is 0 Å². The van der Waals surface area contributed by atoms with Crippen molar-refractivity contribution in [3.63, 3.8) is 0 Å². The molecule has 62 valence electrons. The SMILES string of the molecule is O=NC(N=O)Oc1ccccc1. The molecule has 0 saturated heterocycles. The van der Waals surface area contributed by atoms with Crippen LogP contribution in [0.3, 0.4) is 0 Å². The van der Waals surface area contributed by atoms with Crippen molar-refractivity contribution in [2.24, 2.45) is 10.4 Å². The number of para-hydroxylation sites is 1. The summed E-state index contributed by atoms with van der Waals surface area (Å²) in [5, 5.41) is 4.70. The molecular formula is C7H6N2O3. The van der Waals surface area contributed by atoms with Crippen molar-refractivity contribution in [2.45, 2.75) is 6.35 Å². The first kappa shape index (κ1) is 8.32. The Kier molecular flexibility index (Phi) is 2.89. The Labute approximate surface area is 68.3 Å². The van der Waals surface area contributed by atoms with Crippen LogP contribution in [0.25, 0.3) is 0 Å². The van der Waals surface area contributed by atoms with E-state index >= 15 is 0 Å². The summed E-state index contributed by atoms with van der Waals surface area (Å²) in [4.78, 5) is 19.7. The van der Waals surface area contributed by atoms with E-state index < -0.39 is 6.35 Å². The van der Waals surface area contributed by atoms with E-state index in [9.17, 15) is 9.81 Å². The normalized spacial score (nSPS) is 9.42. The average Bonchev–Trinajstić information content (AvgIpc) is 2.16. The van der Waals surface area contributed by atoms with E-state index in [0.29, 0.717) is 5.75 Å². The number of benzene rings is 1. The van der Waals surface area contributed by atoms with Crippen LogP contribution in [0.2, 0.25) is 0 Å². The van der Waals surface area contributed by atoms with Crippen molar-refractivity contribution in [3.8, 4) is 5.75 Å². The summed E-state index contributed by atoms with van der Waals surface area (Å²) in [6, 6.07) is 8.40. The molecule has 1 aromatic carbocycles. The third-order valence-corrected chi connectivity index (χ3v) is 1.17. The van der Waals surface area contributed by atoms with Crippen molar-refractivity contribution >= 4 is 0 Å². The predicted molar refractivity (Wildman–Crippen MR) is 42.4 cm³/mol. The molecule has 1 rings (SSSR count). The molecule has 0 radical (unpaired) electrons. The maximum atomic E-state index is 9.87. The summed E-state index contributed by atoms with van der Waals surface area (Å²) in [7, 11) is 0. The summed E-state index contributed by atoms with van der Waals surface area (Å²) in [6.45, 7) is 0. The van der Waals surface area contributed by atoms with Gasteiger partial charge in [0.2, 0.25) is 0 Å². The Bertz CT molecular complexity index is 255. The fraction of sp³-hybridized carbons (Fsp3) is 0.143. The molecule has 0 aromatic heterocycles. The number of nitrogens with zero attached hydrogens (tertiary/aromatic N) is 2. The zero-order valence-corrected chi connectivity index (χ0v) is 6.08. The highest BCUT2D eigenvalue weighted by Crippen LogP contribution is 2.11. The molecule has 0 aliphatic carbocycles. The molecule has 0 unspecified atom stereocenters. The molecule has 1 aromatic rings. The minimum absolute atomic E-state index is 0.390. The van der Waals surface area contributed by atoms with Crippen LogP contribution < -0.4 is 4.74 Å². The van der Waals surface area contributed by atoms with Gasteiger partial charge in [-0.3, -0.25) is 0 Å². The molecule has 0 N–H and O–H groups in total. The van der Waals surface area contributed by atoms with E-state index in [4.69, 9.17) is 4.74 Å². The van der Waals surface area contributed by atoms with Crippen LogP contribution in [0, 0.1) is 9.81 Å². The molecule has 0 spiro atoms. The number of rotatable bonds is 4. The minimum Gasteiger partial charge on any atom is -0.445 e. The van der Waals surface area contributed by atoms with Crippen LogP contribution in [0.15, 0.2) is 40.7 Å². The van der Waals surface area contributed by atoms with Gasteiger partial charge in [0, 0.05) is 10.4 Å². The number of hydrogen-bond acceptors (Lipinski definition) is 5. The zero-order valence-electron chi connectivity index (χ0n) is 6.08. The fourth-order valence-corrected chi connectivity index (χ4v) is 0.683. The van der Waals surface area contributed by atoms with Crippen molar-refractivity contribution in [2.75, 3.05) is 0 Å². The molecule has 0 amide bonds. The Morgan fingerprint density at radius 3 is 2.17 bits per heavy atom. The molecule has 5 heteroatoms. The number of hydrogen-bond donors (Lipinski definition) is 0. The lowest BCUT2D eigenvalue weighted by Gasteiger charge is -2.03. The molecule has 0 bridgehead atoms. The van der Waals surface area contributed by atoms with Crippen molar-refractivity contribution in [3.05, 3.63) is 40.1 Å². The van der Waals surface area contributed by atoms with Gasteiger partial charge in [0.1, 0.15) is 5.75 Å². The molecule has 12 heavy (non-hydrogen) atoms. The highest BCUT2D eigenvalue weighted by Gasteiger charge is 2.07. The third kappa shape index (κ3) is 2.12. The van der Waals surface area contributed by atoms with Crippen LogP contribution in [0.1, 0.15) is 0 Å². The molecule has 0 atom stereocenters. The lowest BCUT2D eigenvalue weighted by molar-refractivity contribution is 0.218. The van der Waals surface area contributed by atoms with Crippen molar-refractivity contribution in [1.82, 2.24) is 0 Å². The lowest BCUT2D eigenvalue weighted by Crippen LogP contribution is -2.08. The van der Waals surface area contributed by atoms with Crippen LogP contribution in [-0.4, -0.2) is 6.35 Å². The molecule has 0 heterocycles. The highest BCUT2D eigenvalue weighted by atomic mass is 16.5. The van der Waals surface area contributed by atoms with Gasteiger partial charge in [-0.25, -0.2) is 0 Å². The topological polar surface area (TPSA) is 68.1 Å². The summed E-state index contributed by atoms with van der Waals surface area (Å²) in [6.07, 6.45) is -1.49. The van der Waals surface area contributed by atoms with Crippen LogP contribution in [0.5, 0.6) is 5.75 Å².